The zero-order chi connectivity index (χ0) is 15.0. The number of aromatic nitrogens is 1. The molecule has 0 aliphatic heterocycles. The monoisotopic (exact) mass is 286 g/mol. The Bertz CT molecular complexity index is 851. The zero-order valence-electron chi connectivity index (χ0n) is 11.5. The van der Waals surface area contributed by atoms with Crippen LogP contribution in [-0.2, 0) is 6.54 Å². The largest absolute Gasteiger partial charge is 0.419 e. The van der Waals surface area contributed by atoms with Gasteiger partial charge in [0, 0.05) is 6.54 Å². The predicted molar refractivity (Wildman–Crippen MR) is 78.6 cm³/mol. The Hall–Kier alpha value is -2.40. The van der Waals surface area contributed by atoms with Gasteiger partial charge in [-0.05, 0) is 42.3 Å². The summed E-state index contributed by atoms with van der Waals surface area (Å²) in [5.41, 5.74) is 8.83. The molecular weight excluding hydrogens is 271 g/mol. The second-order valence-electron chi connectivity index (χ2n) is 4.87. The SMILES string of the molecule is CCn1c(=O)oc2cc(C(N)c3cccc(F)c3)ccc21. The standard InChI is InChI=1S/C16H15FN2O2/c1-2-19-13-7-6-11(9-14(13)21-16(19)20)15(18)10-4-3-5-12(17)8-10/h3-9,15H,2,18H2,1H3. The number of benzene rings is 2. The Balaban J connectivity index is 2.07. The Morgan fingerprint density at radius 3 is 2.71 bits per heavy atom. The number of halogens is 1. The van der Waals surface area contributed by atoms with Crippen LogP contribution >= 0.6 is 0 Å². The molecule has 0 saturated carbocycles. The van der Waals surface area contributed by atoms with Gasteiger partial charge in [0.05, 0.1) is 11.6 Å². The smallest absolute Gasteiger partial charge is 0.408 e. The molecule has 2 aromatic carbocycles. The maximum Gasteiger partial charge on any atom is 0.419 e. The molecule has 5 heteroatoms. The number of rotatable bonds is 3. The van der Waals surface area contributed by atoms with Crippen LogP contribution in [0.4, 0.5) is 4.39 Å². The lowest BCUT2D eigenvalue weighted by molar-refractivity contribution is 0.513. The molecular formula is C16H15FN2O2. The summed E-state index contributed by atoms with van der Waals surface area (Å²) in [7, 11) is 0. The minimum atomic E-state index is -0.472. The molecule has 0 saturated heterocycles. The van der Waals surface area contributed by atoms with Crippen molar-refractivity contribution >= 4 is 11.1 Å². The number of oxazole rings is 1. The van der Waals surface area contributed by atoms with E-state index in [-0.39, 0.29) is 11.6 Å². The highest BCUT2D eigenvalue weighted by Gasteiger charge is 2.13. The van der Waals surface area contributed by atoms with E-state index in [0.29, 0.717) is 17.7 Å². The first-order valence-electron chi connectivity index (χ1n) is 6.74. The molecule has 3 aromatic rings. The summed E-state index contributed by atoms with van der Waals surface area (Å²) < 4.78 is 20.0. The van der Waals surface area contributed by atoms with Gasteiger partial charge in [-0.3, -0.25) is 4.57 Å². The molecule has 1 unspecified atom stereocenters. The van der Waals surface area contributed by atoms with E-state index in [9.17, 15) is 9.18 Å². The molecule has 108 valence electrons. The Kier molecular flexibility index (Phi) is 3.35. The van der Waals surface area contributed by atoms with E-state index in [4.69, 9.17) is 10.2 Å². The van der Waals surface area contributed by atoms with Gasteiger partial charge in [0.2, 0.25) is 0 Å². The highest BCUT2D eigenvalue weighted by atomic mass is 19.1. The number of hydrogen-bond donors (Lipinski definition) is 1. The van der Waals surface area contributed by atoms with Crippen LogP contribution in [0.5, 0.6) is 0 Å². The van der Waals surface area contributed by atoms with E-state index in [0.717, 1.165) is 11.1 Å². The summed E-state index contributed by atoms with van der Waals surface area (Å²) in [6.07, 6.45) is 0. The fourth-order valence-corrected chi connectivity index (χ4v) is 2.47. The fourth-order valence-electron chi connectivity index (χ4n) is 2.47. The fraction of sp³-hybridized carbons (Fsp3) is 0.188. The highest BCUT2D eigenvalue weighted by molar-refractivity contribution is 5.74. The van der Waals surface area contributed by atoms with Gasteiger partial charge in [0.1, 0.15) is 5.82 Å². The average Bonchev–Trinajstić information content (AvgIpc) is 2.80. The van der Waals surface area contributed by atoms with Crippen LogP contribution in [0.15, 0.2) is 51.7 Å². The number of nitrogens with two attached hydrogens (primary N) is 1. The molecule has 21 heavy (non-hydrogen) atoms. The van der Waals surface area contributed by atoms with Crippen molar-refractivity contribution in [2.75, 3.05) is 0 Å². The summed E-state index contributed by atoms with van der Waals surface area (Å²) in [4.78, 5) is 11.7. The molecule has 1 atom stereocenters. The molecule has 1 aromatic heterocycles. The van der Waals surface area contributed by atoms with Gasteiger partial charge in [-0.2, -0.15) is 0 Å². The van der Waals surface area contributed by atoms with Crippen LogP contribution in [0.2, 0.25) is 0 Å². The number of hydrogen-bond acceptors (Lipinski definition) is 3. The summed E-state index contributed by atoms with van der Waals surface area (Å²) in [6, 6.07) is 11.1. The minimum Gasteiger partial charge on any atom is -0.408 e. The maximum atomic E-state index is 13.3. The van der Waals surface area contributed by atoms with Crippen LogP contribution in [-0.4, -0.2) is 4.57 Å². The van der Waals surface area contributed by atoms with E-state index in [1.54, 1.807) is 28.8 Å². The molecule has 0 amide bonds. The molecule has 0 fully saturated rings. The molecule has 0 spiro atoms. The Labute approximate surface area is 120 Å². The lowest BCUT2D eigenvalue weighted by Gasteiger charge is -2.12. The number of nitrogens with zero attached hydrogens (tertiary/aromatic N) is 1. The van der Waals surface area contributed by atoms with Crippen LogP contribution in [0.25, 0.3) is 11.1 Å². The highest BCUT2D eigenvalue weighted by Crippen LogP contribution is 2.24. The van der Waals surface area contributed by atoms with Gasteiger partial charge >= 0.3 is 5.76 Å². The van der Waals surface area contributed by atoms with Gasteiger partial charge < -0.3 is 10.2 Å². The normalized spacial score (nSPS) is 12.7. The quantitative estimate of drug-likeness (QED) is 0.805. The Morgan fingerprint density at radius 1 is 1.24 bits per heavy atom. The van der Waals surface area contributed by atoms with Crippen LogP contribution < -0.4 is 11.5 Å². The minimum absolute atomic E-state index is 0.326. The van der Waals surface area contributed by atoms with Crippen molar-refractivity contribution in [3.8, 4) is 0 Å². The predicted octanol–water partition coefficient (Wildman–Crippen LogP) is 2.80. The number of aryl methyl sites for hydroxylation is 1. The first kappa shape index (κ1) is 13.6. The molecule has 0 bridgehead atoms. The van der Waals surface area contributed by atoms with E-state index in [2.05, 4.69) is 0 Å². The van der Waals surface area contributed by atoms with E-state index >= 15 is 0 Å². The molecule has 1 heterocycles. The zero-order valence-corrected chi connectivity index (χ0v) is 11.5. The van der Waals surface area contributed by atoms with E-state index in [1.165, 1.54) is 12.1 Å². The lowest BCUT2D eigenvalue weighted by atomic mass is 9.99. The van der Waals surface area contributed by atoms with Crippen molar-refractivity contribution in [3.63, 3.8) is 0 Å². The summed E-state index contributed by atoms with van der Waals surface area (Å²) in [6.45, 7) is 2.42. The van der Waals surface area contributed by atoms with Crippen LogP contribution in [0, 0.1) is 5.82 Å². The number of fused-ring (bicyclic) bond motifs is 1. The summed E-state index contributed by atoms with van der Waals surface area (Å²) >= 11 is 0. The van der Waals surface area contributed by atoms with Crippen molar-refractivity contribution < 1.29 is 8.81 Å². The molecule has 0 aliphatic carbocycles. The second kappa shape index (κ2) is 5.18. The molecule has 0 aliphatic rings. The Morgan fingerprint density at radius 2 is 2.00 bits per heavy atom. The molecule has 3 rings (SSSR count). The van der Waals surface area contributed by atoms with Gasteiger partial charge in [-0.15, -0.1) is 0 Å². The van der Waals surface area contributed by atoms with Gasteiger partial charge in [-0.25, -0.2) is 9.18 Å². The van der Waals surface area contributed by atoms with Crippen LogP contribution in [0.1, 0.15) is 24.1 Å². The second-order valence-corrected chi connectivity index (χ2v) is 4.87. The average molecular weight is 286 g/mol. The van der Waals surface area contributed by atoms with E-state index in [1.807, 2.05) is 13.0 Å². The van der Waals surface area contributed by atoms with Gasteiger partial charge in [0.15, 0.2) is 5.58 Å². The third-order valence-corrected chi connectivity index (χ3v) is 3.58. The molecule has 2 N–H and O–H groups in total. The lowest BCUT2D eigenvalue weighted by Crippen LogP contribution is -2.12. The van der Waals surface area contributed by atoms with Gasteiger partial charge in [-0.1, -0.05) is 18.2 Å². The summed E-state index contributed by atoms with van der Waals surface area (Å²) in [5, 5.41) is 0. The third kappa shape index (κ3) is 2.36. The van der Waals surface area contributed by atoms with Crippen molar-refractivity contribution in [3.05, 3.63) is 70.0 Å². The van der Waals surface area contributed by atoms with Crippen LogP contribution in [0.3, 0.4) is 0 Å². The molecule has 4 nitrogen and oxygen atoms in total. The van der Waals surface area contributed by atoms with Crippen molar-refractivity contribution in [1.82, 2.24) is 4.57 Å². The van der Waals surface area contributed by atoms with Crippen molar-refractivity contribution in [2.45, 2.75) is 19.5 Å². The van der Waals surface area contributed by atoms with Gasteiger partial charge in [0.25, 0.3) is 0 Å². The maximum absolute atomic E-state index is 13.3. The third-order valence-electron chi connectivity index (χ3n) is 3.58. The molecule has 0 radical (unpaired) electrons. The van der Waals surface area contributed by atoms with Crippen molar-refractivity contribution in [1.29, 1.82) is 0 Å². The summed E-state index contributed by atoms with van der Waals surface area (Å²) in [5.74, 6) is -0.711. The van der Waals surface area contributed by atoms with E-state index < -0.39 is 6.04 Å². The van der Waals surface area contributed by atoms with Crippen molar-refractivity contribution in [2.24, 2.45) is 5.73 Å². The topological polar surface area (TPSA) is 61.2 Å². The first-order valence-corrected chi connectivity index (χ1v) is 6.74. The first-order chi connectivity index (χ1) is 10.1.